The fourth-order valence-corrected chi connectivity index (χ4v) is 2.53. The van der Waals surface area contributed by atoms with Gasteiger partial charge in [-0.2, -0.15) is 0 Å². The number of carbonyl (C=O) groups is 2. The Morgan fingerprint density at radius 3 is 2.62 bits per heavy atom. The van der Waals surface area contributed by atoms with E-state index in [1.54, 1.807) is 6.07 Å². The first-order valence-corrected chi connectivity index (χ1v) is 8.99. The standard InChI is InChI=1S/C21H27N3O2/c1-3-15(2)24-21(26)18-9-6-7-16(13-18)14-23-20(25)12-11-17-8-4-5-10-19(17)22/h4-10,13,15H,3,11-12,14,22H2,1-2H3,(H,23,25)(H,24,26). The molecular formula is C21H27N3O2. The van der Waals surface area contributed by atoms with E-state index in [1.165, 1.54) is 0 Å². The quantitative estimate of drug-likeness (QED) is 0.638. The molecule has 2 aromatic carbocycles. The Morgan fingerprint density at radius 1 is 1.12 bits per heavy atom. The highest BCUT2D eigenvalue weighted by atomic mass is 16.2. The Morgan fingerprint density at radius 2 is 1.88 bits per heavy atom. The number of aryl methyl sites for hydroxylation is 1. The Bertz CT molecular complexity index is 758. The smallest absolute Gasteiger partial charge is 0.251 e. The minimum Gasteiger partial charge on any atom is -0.399 e. The molecule has 0 heterocycles. The first-order chi connectivity index (χ1) is 12.5. The monoisotopic (exact) mass is 353 g/mol. The Labute approximate surface area is 155 Å². The van der Waals surface area contributed by atoms with Crippen molar-refractivity contribution in [3.05, 3.63) is 65.2 Å². The van der Waals surface area contributed by atoms with Crippen molar-refractivity contribution in [3.63, 3.8) is 0 Å². The number of rotatable bonds is 8. The summed E-state index contributed by atoms with van der Waals surface area (Å²) in [6.45, 7) is 4.40. The van der Waals surface area contributed by atoms with Gasteiger partial charge in [-0.25, -0.2) is 0 Å². The van der Waals surface area contributed by atoms with Crippen LogP contribution in [0.25, 0.3) is 0 Å². The Balaban J connectivity index is 1.85. The van der Waals surface area contributed by atoms with Crippen LogP contribution in [0.3, 0.4) is 0 Å². The van der Waals surface area contributed by atoms with E-state index in [4.69, 9.17) is 5.73 Å². The zero-order valence-electron chi connectivity index (χ0n) is 15.4. The summed E-state index contributed by atoms with van der Waals surface area (Å²) < 4.78 is 0. The Hall–Kier alpha value is -2.82. The van der Waals surface area contributed by atoms with Crippen molar-refractivity contribution in [2.75, 3.05) is 5.73 Å². The van der Waals surface area contributed by atoms with E-state index in [0.717, 1.165) is 17.5 Å². The molecule has 0 saturated carbocycles. The van der Waals surface area contributed by atoms with E-state index in [-0.39, 0.29) is 17.9 Å². The molecule has 5 heteroatoms. The van der Waals surface area contributed by atoms with Gasteiger partial charge < -0.3 is 16.4 Å². The third kappa shape index (κ3) is 5.92. The highest BCUT2D eigenvalue weighted by Crippen LogP contribution is 2.12. The molecule has 0 aliphatic rings. The van der Waals surface area contributed by atoms with E-state index in [1.807, 2.05) is 56.3 Å². The van der Waals surface area contributed by atoms with E-state index >= 15 is 0 Å². The van der Waals surface area contributed by atoms with Gasteiger partial charge in [0, 0.05) is 30.3 Å². The van der Waals surface area contributed by atoms with Crippen LogP contribution in [0.5, 0.6) is 0 Å². The van der Waals surface area contributed by atoms with Crippen molar-refractivity contribution < 1.29 is 9.59 Å². The molecule has 26 heavy (non-hydrogen) atoms. The molecule has 0 spiro atoms. The fourth-order valence-electron chi connectivity index (χ4n) is 2.53. The lowest BCUT2D eigenvalue weighted by Gasteiger charge is -2.12. The van der Waals surface area contributed by atoms with Crippen molar-refractivity contribution in [3.8, 4) is 0 Å². The van der Waals surface area contributed by atoms with Gasteiger partial charge in [0.1, 0.15) is 0 Å². The molecule has 1 unspecified atom stereocenters. The predicted molar refractivity (Wildman–Crippen MR) is 105 cm³/mol. The number of hydrogen-bond acceptors (Lipinski definition) is 3. The largest absolute Gasteiger partial charge is 0.399 e. The normalized spacial score (nSPS) is 11.6. The van der Waals surface area contributed by atoms with Crippen molar-refractivity contribution in [2.24, 2.45) is 0 Å². The number of nitrogen functional groups attached to an aromatic ring is 1. The molecule has 1 atom stereocenters. The first kappa shape index (κ1) is 19.5. The Kier molecular flexibility index (Phi) is 7.21. The van der Waals surface area contributed by atoms with E-state index < -0.39 is 0 Å². The van der Waals surface area contributed by atoms with E-state index in [0.29, 0.717) is 30.6 Å². The number of amides is 2. The van der Waals surface area contributed by atoms with Crippen molar-refractivity contribution in [2.45, 2.75) is 45.7 Å². The predicted octanol–water partition coefficient (Wildman–Crippen LogP) is 3.05. The highest BCUT2D eigenvalue weighted by Gasteiger charge is 2.09. The molecule has 138 valence electrons. The van der Waals surface area contributed by atoms with Crippen LogP contribution in [0, 0.1) is 0 Å². The maximum absolute atomic E-state index is 12.2. The molecule has 0 bridgehead atoms. The number of nitrogens with one attached hydrogen (secondary N) is 2. The van der Waals surface area contributed by atoms with Crippen LogP contribution in [0.15, 0.2) is 48.5 Å². The summed E-state index contributed by atoms with van der Waals surface area (Å²) in [7, 11) is 0. The van der Waals surface area contributed by atoms with Gasteiger partial charge in [-0.1, -0.05) is 37.3 Å². The summed E-state index contributed by atoms with van der Waals surface area (Å²) in [6.07, 6.45) is 1.87. The van der Waals surface area contributed by atoms with Crippen molar-refractivity contribution >= 4 is 17.5 Å². The second kappa shape index (κ2) is 9.61. The molecule has 0 aliphatic heterocycles. The lowest BCUT2D eigenvalue weighted by molar-refractivity contribution is -0.121. The second-order valence-corrected chi connectivity index (χ2v) is 6.46. The van der Waals surface area contributed by atoms with Gasteiger partial charge >= 0.3 is 0 Å². The van der Waals surface area contributed by atoms with Gasteiger partial charge in [-0.05, 0) is 49.1 Å². The average molecular weight is 353 g/mol. The van der Waals surface area contributed by atoms with Crippen LogP contribution in [0.4, 0.5) is 5.69 Å². The third-order valence-corrected chi connectivity index (χ3v) is 4.35. The second-order valence-electron chi connectivity index (χ2n) is 6.46. The van der Waals surface area contributed by atoms with Crippen LogP contribution < -0.4 is 16.4 Å². The minimum absolute atomic E-state index is 0.0392. The fraction of sp³-hybridized carbons (Fsp3) is 0.333. The SMILES string of the molecule is CCC(C)NC(=O)c1cccc(CNC(=O)CCc2ccccc2N)c1. The molecule has 0 saturated heterocycles. The molecule has 2 aromatic rings. The van der Waals surface area contributed by atoms with Crippen molar-refractivity contribution in [1.29, 1.82) is 0 Å². The summed E-state index contributed by atoms with van der Waals surface area (Å²) in [4.78, 5) is 24.3. The highest BCUT2D eigenvalue weighted by molar-refractivity contribution is 5.94. The number of anilines is 1. The number of para-hydroxylation sites is 1. The summed E-state index contributed by atoms with van der Waals surface area (Å²) >= 11 is 0. The third-order valence-electron chi connectivity index (χ3n) is 4.35. The average Bonchev–Trinajstić information content (AvgIpc) is 2.65. The maximum Gasteiger partial charge on any atom is 0.251 e. The van der Waals surface area contributed by atoms with Crippen LogP contribution in [0.1, 0.15) is 48.2 Å². The molecule has 0 aromatic heterocycles. The van der Waals surface area contributed by atoms with Gasteiger partial charge in [0.15, 0.2) is 0 Å². The van der Waals surface area contributed by atoms with Crippen molar-refractivity contribution in [1.82, 2.24) is 10.6 Å². The van der Waals surface area contributed by atoms with Gasteiger partial charge in [0.05, 0.1) is 0 Å². The molecule has 0 fully saturated rings. The van der Waals surface area contributed by atoms with Crippen LogP contribution in [-0.4, -0.2) is 17.9 Å². The molecule has 5 nitrogen and oxygen atoms in total. The zero-order chi connectivity index (χ0) is 18.9. The summed E-state index contributed by atoms with van der Waals surface area (Å²) in [5.41, 5.74) is 9.08. The number of nitrogens with two attached hydrogens (primary N) is 1. The van der Waals surface area contributed by atoms with E-state index in [2.05, 4.69) is 10.6 Å². The molecule has 0 aliphatic carbocycles. The van der Waals surface area contributed by atoms with Gasteiger partial charge in [-0.15, -0.1) is 0 Å². The van der Waals surface area contributed by atoms with Gasteiger partial charge in [0.25, 0.3) is 5.91 Å². The zero-order valence-corrected chi connectivity index (χ0v) is 15.4. The molecule has 0 radical (unpaired) electrons. The lowest BCUT2D eigenvalue weighted by atomic mass is 10.1. The first-order valence-electron chi connectivity index (χ1n) is 8.99. The molecular weight excluding hydrogens is 326 g/mol. The topological polar surface area (TPSA) is 84.2 Å². The van der Waals surface area contributed by atoms with Gasteiger partial charge in [0.2, 0.25) is 5.91 Å². The molecule has 2 amide bonds. The van der Waals surface area contributed by atoms with E-state index in [9.17, 15) is 9.59 Å². The summed E-state index contributed by atoms with van der Waals surface area (Å²) in [5.74, 6) is -0.130. The van der Waals surface area contributed by atoms with Gasteiger partial charge in [-0.3, -0.25) is 9.59 Å². The number of carbonyl (C=O) groups excluding carboxylic acids is 2. The minimum atomic E-state index is -0.0907. The lowest BCUT2D eigenvalue weighted by Crippen LogP contribution is -2.32. The summed E-state index contributed by atoms with van der Waals surface area (Å²) in [6, 6.07) is 15.0. The van der Waals surface area contributed by atoms with Crippen LogP contribution in [-0.2, 0) is 17.8 Å². The number of benzene rings is 2. The number of hydrogen-bond donors (Lipinski definition) is 3. The van der Waals surface area contributed by atoms with Crippen LogP contribution >= 0.6 is 0 Å². The maximum atomic E-state index is 12.2. The molecule has 2 rings (SSSR count). The van der Waals surface area contributed by atoms with Crippen LogP contribution in [0.2, 0.25) is 0 Å². The summed E-state index contributed by atoms with van der Waals surface area (Å²) in [5, 5.41) is 5.84. The molecule has 4 N–H and O–H groups in total.